The summed E-state index contributed by atoms with van der Waals surface area (Å²) in [5, 5.41) is 8.95. The van der Waals surface area contributed by atoms with Gasteiger partial charge in [0.15, 0.2) is 11.9 Å². The maximum atomic E-state index is 11.9. The average Bonchev–Trinajstić information content (AvgIpc) is 2.37. The number of nitrogen functional groups attached to an aromatic ring is 1. The highest BCUT2D eigenvalue weighted by Crippen LogP contribution is 2.27. The van der Waals surface area contributed by atoms with Crippen LogP contribution in [0.1, 0.15) is 30.1 Å². The van der Waals surface area contributed by atoms with Gasteiger partial charge in [-0.1, -0.05) is 19.4 Å². The molecule has 6 heteroatoms. The van der Waals surface area contributed by atoms with Crippen LogP contribution in [-0.2, 0) is 9.53 Å². The van der Waals surface area contributed by atoms with Gasteiger partial charge in [-0.05, 0) is 18.6 Å². The largest absolute Gasteiger partial charge is 0.494 e. The first-order valence-electron chi connectivity index (χ1n) is 5.87. The number of ether oxygens (including phenoxy) is 2. The molecule has 0 heterocycles. The second-order valence-corrected chi connectivity index (χ2v) is 3.95. The first kappa shape index (κ1) is 14.8. The lowest BCUT2D eigenvalue weighted by atomic mass is 10.1. The van der Waals surface area contributed by atoms with Crippen LogP contribution in [0.3, 0.4) is 0 Å². The van der Waals surface area contributed by atoms with Gasteiger partial charge in [-0.3, -0.25) is 0 Å². The highest BCUT2D eigenvalue weighted by molar-refractivity contribution is 5.95. The Balaban J connectivity index is 2.94. The maximum Gasteiger partial charge on any atom is 0.345 e. The molecule has 0 bridgehead atoms. The number of carbonyl (C=O) groups excluding carboxylic acids is 1. The van der Waals surface area contributed by atoms with Crippen molar-refractivity contribution < 1.29 is 24.2 Å². The standard InChI is InChI=1S/C13H17NO5/c1-3-5-10(12(15)16)19-13(17)8-6-4-7-9(14)11(8)18-2/h4,6-7,10H,3,5,14H2,1-2H3,(H,15,16). The van der Waals surface area contributed by atoms with Gasteiger partial charge < -0.3 is 20.3 Å². The van der Waals surface area contributed by atoms with Gasteiger partial charge in [0.2, 0.25) is 0 Å². The molecule has 6 nitrogen and oxygen atoms in total. The summed E-state index contributed by atoms with van der Waals surface area (Å²) in [5.41, 5.74) is 6.08. The van der Waals surface area contributed by atoms with E-state index in [1.165, 1.54) is 13.2 Å². The first-order valence-corrected chi connectivity index (χ1v) is 5.87. The maximum absolute atomic E-state index is 11.9. The molecule has 1 aromatic rings. The highest BCUT2D eigenvalue weighted by Gasteiger charge is 2.24. The fourth-order valence-corrected chi connectivity index (χ4v) is 1.63. The molecule has 19 heavy (non-hydrogen) atoms. The molecule has 104 valence electrons. The van der Waals surface area contributed by atoms with Crippen LogP contribution in [0.25, 0.3) is 0 Å². The van der Waals surface area contributed by atoms with E-state index in [0.29, 0.717) is 12.1 Å². The molecule has 0 saturated heterocycles. The normalized spacial score (nSPS) is 11.7. The number of carboxylic acids is 1. The van der Waals surface area contributed by atoms with E-state index in [1.54, 1.807) is 12.1 Å². The molecular formula is C13H17NO5. The van der Waals surface area contributed by atoms with Crippen molar-refractivity contribution in [2.45, 2.75) is 25.9 Å². The number of rotatable bonds is 6. The van der Waals surface area contributed by atoms with Crippen LogP contribution in [0.5, 0.6) is 5.75 Å². The predicted molar refractivity (Wildman–Crippen MR) is 69.2 cm³/mol. The molecule has 0 spiro atoms. The van der Waals surface area contributed by atoms with Gasteiger partial charge in [0.1, 0.15) is 5.56 Å². The molecule has 1 aromatic carbocycles. The average molecular weight is 267 g/mol. The zero-order valence-electron chi connectivity index (χ0n) is 10.9. The zero-order valence-corrected chi connectivity index (χ0v) is 10.9. The number of nitrogens with two attached hydrogens (primary N) is 1. The summed E-state index contributed by atoms with van der Waals surface area (Å²) >= 11 is 0. The SMILES string of the molecule is CCCC(OC(=O)c1cccc(N)c1OC)C(=O)O. The molecule has 0 amide bonds. The number of carboxylic acid groups (broad SMARTS) is 1. The van der Waals surface area contributed by atoms with Gasteiger partial charge in [0.05, 0.1) is 12.8 Å². The third kappa shape index (κ3) is 3.61. The third-order valence-electron chi connectivity index (χ3n) is 2.55. The Kier molecular flexibility index (Phi) is 5.17. The van der Waals surface area contributed by atoms with E-state index in [-0.39, 0.29) is 17.7 Å². The number of carbonyl (C=O) groups is 2. The summed E-state index contributed by atoms with van der Waals surface area (Å²) in [6.45, 7) is 1.81. The number of methoxy groups -OCH3 is 1. The van der Waals surface area contributed by atoms with E-state index >= 15 is 0 Å². The van der Waals surface area contributed by atoms with Crippen LogP contribution < -0.4 is 10.5 Å². The minimum atomic E-state index is -1.17. The quantitative estimate of drug-likeness (QED) is 0.601. The minimum absolute atomic E-state index is 0.116. The lowest BCUT2D eigenvalue weighted by molar-refractivity contribution is -0.147. The van der Waals surface area contributed by atoms with Crippen LogP contribution in [0.15, 0.2) is 18.2 Å². The molecule has 1 unspecified atom stereocenters. The van der Waals surface area contributed by atoms with Crippen molar-refractivity contribution >= 4 is 17.6 Å². The monoisotopic (exact) mass is 267 g/mol. The fourth-order valence-electron chi connectivity index (χ4n) is 1.63. The van der Waals surface area contributed by atoms with Crippen LogP contribution in [0.2, 0.25) is 0 Å². The second-order valence-electron chi connectivity index (χ2n) is 3.95. The van der Waals surface area contributed by atoms with Crippen molar-refractivity contribution in [3.8, 4) is 5.75 Å². The Morgan fingerprint density at radius 3 is 2.63 bits per heavy atom. The fraction of sp³-hybridized carbons (Fsp3) is 0.385. The molecule has 0 aromatic heterocycles. The summed E-state index contributed by atoms with van der Waals surface area (Å²) in [7, 11) is 1.38. The predicted octanol–water partition coefficient (Wildman–Crippen LogP) is 1.69. The molecule has 0 saturated carbocycles. The van der Waals surface area contributed by atoms with Crippen molar-refractivity contribution in [3.05, 3.63) is 23.8 Å². The third-order valence-corrected chi connectivity index (χ3v) is 2.55. The van der Waals surface area contributed by atoms with E-state index in [1.807, 2.05) is 6.92 Å². The van der Waals surface area contributed by atoms with Gasteiger partial charge in [0, 0.05) is 0 Å². The van der Waals surface area contributed by atoms with Gasteiger partial charge in [-0.15, -0.1) is 0 Å². The molecule has 1 atom stereocenters. The van der Waals surface area contributed by atoms with E-state index in [0.717, 1.165) is 0 Å². The van der Waals surface area contributed by atoms with Crippen LogP contribution in [0.4, 0.5) is 5.69 Å². The molecule has 0 aliphatic rings. The number of hydrogen-bond donors (Lipinski definition) is 2. The number of anilines is 1. The van der Waals surface area contributed by atoms with E-state index < -0.39 is 18.0 Å². The highest BCUT2D eigenvalue weighted by atomic mass is 16.6. The first-order chi connectivity index (χ1) is 9.01. The van der Waals surface area contributed by atoms with Crippen molar-refractivity contribution in [2.75, 3.05) is 12.8 Å². The zero-order chi connectivity index (χ0) is 14.4. The lowest BCUT2D eigenvalue weighted by Gasteiger charge is -2.15. The van der Waals surface area contributed by atoms with E-state index in [4.69, 9.17) is 20.3 Å². The number of benzene rings is 1. The summed E-state index contributed by atoms with van der Waals surface area (Å²) in [5.74, 6) is -1.74. The molecule has 0 aliphatic heterocycles. The van der Waals surface area contributed by atoms with Crippen LogP contribution >= 0.6 is 0 Å². The van der Waals surface area contributed by atoms with E-state index in [9.17, 15) is 9.59 Å². The number of para-hydroxylation sites is 1. The Bertz CT molecular complexity index is 472. The van der Waals surface area contributed by atoms with Gasteiger partial charge in [0.25, 0.3) is 0 Å². The van der Waals surface area contributed by atoms with Crippen LogP contribution in [-0.4, -0.2) is 30.3 Å². The summed E-state index contributed by atoms with van der Waals surface area (Å²) in [6, 6.07) is 4.63. The van der Waals surface area contributed by atoms with Crippen molar-refractivity contribution in [1.82, 2.24) is 0 Å². The molecule has 0 fully saturated rings. The molecular weight excluding hydrogens is 250 g/mol. The topological polar surface area (TPSA) is 98.9 Å². The van der Waals surface area contributed by atoms with Crippen molar-refractivity contribution in [2.24, 2.45) is 0 Å². The Morgan fingerprint density at radius 1 is 1.42 bits per heavy atom. The van der Waals surface area contributed by atoms with Crippen molar-refractivity contribution in [3.63, 3.8) is 0 Å². The van der Waals surface area contributed by atoms with Gasteiger partial charge >= 0.3 is 11.9 Å². The number of aliphatic carboxylic acids is 1. The Morgan fingerprint density at radius 2 is 2.11 bits per heavy atom. The van der Waals surface area contributed by atoms with Crippen molar-refractivity contribution in [1.29, 1.82) is 0 Å². The molecule has 0 radical (unpaired) electrons. The van der Waals surface area contributed by atoms with Gasteiger partial charge in [-0.25, -0.2) is 9.59 Å². The minimum Gasteiger partial charge on any atom is -0.494 e. The van der Waals surface area contributed by atoms with Gasteiger partial charge in [-0.2, -0.15) is 0 Å². The Labute approximate surface area is 111 Å². The molecule has 1 rings (SSSR count). The smallest absolute Gasteiger partial charge is 0.345 e. The molecule has 3 N–H and O–H groups in total. The van der Waals surface area contributed by atoms with Crippen LogP contribution in [0, 0.1) is 0 Å². The lowest BCUT2D eigenvalue weighted by Crippen LogP contribution is -2.27. The Hall–Kier alpha value is -2.24. The molecule has 0 aliphatic carbocycles. The van der Waals surface area contributed by atoms with E-state index in [2.05, 4.69) is 0 Å². The number of hydrogen-bond acceptors (Lipinski definition) is 5. The summed E-state index contributed by atoms with van der Waals surface area (Å²) < 4.78 is 9.99. The summed E-state index contributed by atoms with van der Waals surface area (Å²) in [6.07, 6.45) is -0.312. The second kappa shape index (κ2) is 6.63. The number of esters is 1. The summed E-state index contributed by atoms with van der Waals surface area (Å²) in [4.78, 5) is 22.9.